The molecule has 0 saturated heterocycles. The first-order chi connectivity index (χ1) is 27.2. The first-order valence-electron chi connectivity index (χ1n) is 18.9. The highest BCUT2D eigenvalue weighted by Crippen LogP contribution is 2.23. The minimum Gasteiger partial charge on any atom is -0.444 e. The van der Waals surface area contributed by atoms with E-state index in [1.54, 1.807) is 23.0 Å². The Labute approximate surface area is 335 Å². The fourth-order valence-electron chi connectivity index (χ4n) is 6.68. The maximum absolute atomic E-state index is 14.4. The molecule has 4 amide bonds. The largest absolute Gasteiger partial charge is 0.444 e. The van der Waals surface area contributed by atoms with Crippen LogP contribution in [-0.4, -0.2) is 50.7 Å². The predicted molar refractivity (Wildman–Crippen MR) is 223 cm³/mol. The van der Waals surface area contributed by atoms with Gasteiger partial charge in [0.1, 0.15) is 12.6 Å². The number of aromatic nitrogens is 3. The molecule has 6 aromatic rings. The number of rotatable bonds is 18. The third kappa shape index (κ3) is 11.7. The second kappa shape index (κ2) is 19.9. The summed E-state index contributed by atoms with van der Waals surface area (Å²) < 4.78 is 7.57. The van der Waals surface area contributed by atoms with Gasteiger partial charge in [-0.2, -0.15) is 0 Å². The van der Waals surface area contributed by atoms with Crippen LogP contribution in [-0.2, 0) is 49.0 Å². The molecule has 0 fully saturated rings. The van der Waals surface area contributed by atoms with Crippen molar-refractivity contribution >= 4 is 51.6 Å². The van der Waals surface area contributed by atoms with Crippen molar-refractivity contribution < 1.29 is 19.1 Å². The number of para-hydroxylation sites is 1. The summed E-state index contributed by atoms with van der Waals surface area (Å²) in [5.41, 5.74) is 6.61. The summed E-state index contributed by atoms with van der Waals surface area (Å²) in [6.45, 7) is 4.56. The highest BCUT2D eigenvalue weighted by molar-refractivity contribution is 7.09. The van der Waals surface area contributed by atoms with Gasteiger partial charge in [0.2, 0.25) is 5.91 Å². The Kier molecular flexibility index (Phi) is 14.2. The summed E-state index contributed by atoms with van der Waals surface area (Å²) in [7, 11) is 1.98. The molecule has 3 aromatic carbocycles. The monoisotopic (exact) mass is 791 g/mol. The number of nitrogens with one attached hydrogen (secondary N) is 4. The highest BCUT2D eigenvalue weighted by Gasteiger charge is 2.27. The van der Waals surface area contributed by atoms with Crippen LogP contribution in [0.4, 0.5) is 9.59 Å². The Balaban J connectivity index is 1.19. The van der Waals surface area contributed by atoms with E-state index >= 15 is 0 Å². The smallest absolute Gasteiger partial charge is 0.407 e. The molecule has 11 nitrogen and oxygen atoms in total. The second-order valence-electron chi connectivity index (χ2n) is 14.2. The molecule has 3 aromatic heterocycles. The minimum absolute atomic E-state index is 0.142. The van der Waals surface area contributed by atoms with Crippen LogP contribution in [0.5, 0.6) is 0 Å². The Morgan fingerprint density at radius 1 is 0.804 bits per heavy atom. The zero-order valence-electron chi connectivity index (χ0n) is 31.9. The summed E-state index contributed by atoms with van der Waals surface area (Å²) in [6, 6.07) is 26.1. The number of urea groups is 1. The topological polar surface area (TPSA) is 139 Å². The van der Waals surface area contributed by atoms with Crippen molar-refractivity contribution in [3.8, 4) is 0 Å². The van der Waals surface area contributed by atoms with E-state index in [9.17, 15) is 14.4 Å². The van der Waals surface area contributed by atoms with Crippen molar-refractivity contribution in [1.82, 2.24) is 35.8 Å². The van der Waals surface area contributed by atoms with E-state index in [1.165, 1.54) is 11.3 Å². The van der Waals surface area contributed by atoms with Crippen molar-refractivity contribution in [3.05, 3.63) is 140 Å². The molecular weight excluding hydrogens is 743 g/mol. The summed E-state index contributed by atoms with van der Waals surface area (Å²) in [6.07, 6.45) is 5.76. The van der Waals surface area contributed by atoms with E-state index in [0.717, 1.165) is 43.2 Å². The van der Waals surface area contributed by atoms with E-state index in [-0.39, 0.29) is 37.6 Å². The summed E-state index contributed by atoms with van der Waals surface area (Å²) >= 11 is 3.00. The number of alkyl carbamates (subject to hydrolysis) is 1. The van der Waals surface area contributed by atoms with Crippen molar-refractivity contribution in [1.29, 1.82) is 0 Å². The molecule has 292 valence electrons. The van der Waals surface area contributed by atoms with E-state index in [4.69, 9.17) is 4.74 Å². The van der Waals surface area contributed by atoms with E-state index < -0.39 is 18.2 Å². The van der Waals surface area contributed by atoms with Crippen LogP contribution in [0.25, 0.3) is 10.9 Å². The number of hydrogen-bond acceptors (Lipinski definition) is 8. The summed E-state index contributed by atoms with van der Waals surface area (Å²) in [4.78, 5) is 50.4. The van der Waals surface area contributed by atoms with Gasteiger partial charge in [0.25, 0.3) is 0 Å². The van der Waals surface area contributed by atoms with Crippen molar-refractivity contribution in [3.63, 3.8) is 0 Å². The number of thiazole rings is 2. The molecule has 56 heavy (non-hydrogen) atoms. The maximum atomic E-state index is 14.4. The lowest BCUT2D eigenvalue weighted by Gasteiger charge is -2.26. The molecule has 0 aliphatic rings. The third-order valence-corrected chi connectivity index (χ3v) is 11.5. The average molecular weight is 792 g/mol. The quantitative estimate of drug-likeness (QED) is 0.0705. The number of carbonyl (C=O) groups excluding carboxylic acids is 3. The van der Waals surface area contributed by atoms with Crippen LogP contribution < -0.4 is 21.3 Å². The zero-order valence-corrected chi connectivity index (χ0v) is 33.6. The van der Waals surface area contributed by atoms with Gasteiger partial charge in [0.15, 0.2) is 0 Å². The molecule has 0 bridgehead atoms. The lowest BCUT2D eigenvalue weighted by atomic mass is 9.95. The molecule has 0 radical (unpaired) electrons. The molecule has 3 heterocycles. The Hall–Kier alpha value is -5.53. The summed E-state index contributed by atoms with van der Waals surface area (Å²) in [5.74, 6) is 0.00822. The number of carbonyl (C=O) groups is 3. The number of amides is 4. The van der Waals surface area contributed by atoms with Gasteiger partial charge in [-0.05, 0) is 48.4 Å². The van der Waals surface area contributed by atoms with Crippen molar-refractivity contribution in [2.75, 3.05) is 0 Å². The molecule has 6 rings (SSSR count). The van der Waals surface area contributed by atoms with Crippen LogP contribution in [0.1, 0.15) is 64.9 Å². The Bertz CT molecular complexity index is 2150. The molecule has 0 aliphatic heterocycles. The lowest BCUT2D eigenvalue weighted by Crippen LogP contribution is -2.53. The van der Waals surface area contributed by atoms with Crippen LogP contribution in [0.3, 0.4) is 0 Å². The number of ether oxygens (including phenoxy) is 1. The van der Waals surface area contributed by atoms with Gasteiger partial charge in [-0.1, -0.05) is 92.7 Å². The summed E-state index contributed by atoms with van der Waals surface area (Å²) in [5, 5.41) is 16.3. The number of aryl methyl sites for hydroxylation is 1. The fraction of sp³-hybridized carbons (Fsp3) is 0.326. The number of hydrogen-bond donors (Lipinski definition) is 4. The van der Waals surface area contributed by atoms with E-state index in [1.807, 2.05) is 108 Å². The first-order valence-corrected chi connectivity index (χ1v) is 20.7. The molecule has 13 heteroatoms. The first kappa shape index (κ1) is 40.1. The molecule has 0 saturated carbocycles. The van der Waals surface area contributed by atoms with Crippen LogP contribution in [0.15, 0.2) is 108 Å². The van der Waals surface area contributed by atoms with Crippen LogP contribution in [0, 0.1) is 0 Å². The molecular formula is C43H49N7O4S2. The van der Waals surface area contributed by atoms with E-state index in [0.29, 0.717) is 31.6 Å². The maximum Gasteiger partial charge on any atom is 0.407 e. The standard InChI is InChI=1S/C43H49N7O4S2/c1-29(2)41-47-35(27-55-41)23-45-42(52)49-38(22-32-25-50(3)39-17-11-10-16-37(32)39)40(51)46-33(20-30-12-6-4-7-13-30)18-19-34(21-31-14-8-5-9-15-31)48-43(53)54-26-36-24-44-28-56-36/h4-17,24-25,27-29,33-34,38H,18-23,26H2,1-3H3,(H,46,51)(H,48,53)(H2,45,49,52)/t33-,34-,38+/m1/s1. The second-order valence-corrected chi connectivity index (χ2v) is 16.1. The molecule has 0 spiro atoms. The van der Waals surface area contributed by atoms with Gasteiger partial charge in [-0.3, -0.25) is 9.78 Å². The average Bonchev–Trinajstić information content (AvgIpc) is 3.97. The van der Waals surface area contributed by atoms with Crippen LogP contribution in [0.2, 0.25) is 0 Å². The van der Waals surface area contributed by atoms with Crippen LogP contribution >= 0.6 is 22.7 Å². The van der Waals surface area contributed by atoms with Gasteiger partial charge in [-0.25, -0.2) is 14.6 Å². The Morgan fingerprint density at radius 2 is 1.46 bits per heavy atom. The number of nitrogens with zero attached hydrogens (tertiary/aromatic N) is 3. The number of fused-ring (bicyclic) bond motifs is 1. The molecule has 0 unspecified atom stereocenters. The van der Waals surface area contributed by atoms with Gasteiger partial charge in [0.05, 0.1) is 27.6 Å². The lowest BCUT2D eigenvalue weighted by molar-refractivity contribution is -0.123. The molecule has 0 aliphatic carbocycles. The Morgan fingerprint density at radius 3 is 2.11 bits per heavy atom. The number of benzene rings is 3. The predicted octanol–water partition coefficient (Wildman–Crippen LogP) is 7.67. The SMILES string of the molecule is CC(C)c1nc(CNC(=O)N[C@@H](Cc2cn(C)c3ccccc23)C(=O)N[C@H](CC[C@H](Cc2ccccc2)NC(=O)OCc2cncs2)Cc2ccccc2)cs1. The normalized spacial score (nSPS) is 12.9. The van der Waals surface area contributed by atoms with Gasteiger partial charge in [-0.15, -0.1) is 22.7 Å². The van der Waals surface area contributed by atoms with Gasteiger partial charge < -0.3 is 30.6 Å². The van der Waals surface area contributed by atoms with Gasteiger partial charge in [0, 0.05) is 60.1 Å². The minimum atomic E-state index is -0.874. The molecule has 3 atom stereocenters. The molecule has 4 N–H and O–H groups in total. The fourth-order valence-corrected chi connectivity index (χ4v) is 8.02. The third-order valence-electron chi connectivity index (χ3n) is 9.53. The van der Waals surface area contributed by atoms with Crippen molar-refractivity contribution in [2.45, 2.75) is 83.1 Å². The zero-order chi connectivity index (χ0) is 39.3. The van der Waals surface area contributed by atoms with Crippen molar-refractivity contribution in [2.24, 2.45) is 7.05 Å². The van der Waals surface area contributed by atoms with Gasteiger partial charge >= 0.3 is 12.1 Å². The highest BCUT2D eigenvalue weighted by atomic mass is 32.1. The van der Waals surface area contributed by atoms with E-state index in [2.05, 4.69) is 45.1 Å².